The first kappa shape index (κ1) is 22.1. The van der Waals surface area contributed by atoms with Gasteiger partial charge in [-0.25, -0.2) is 12.7 Å². The van der Waals surface area contributed by atoms with Crippen LogP contribution in [-0.2, 0) is 14.8 Å². The van der Waals surface area contributed by atoms with Gasteiger partial charge in [-0.3, -0.25) is 4.79 Å². The topological polar surface area (TPSA) is 69.7 Å². The Kier molecular flexibility index (Phi) is 7.22. The number of carbonyl (C=O) groups excluding carboxylic acids is 1. The molecule has 3 rings (SSSR count). The maximum absolute atomic E-state index is 12.8. The molecule has 29 heavy (non-hydrogen) atoms. The zero-order valence-electron chi connectivity index (χ0n) is 17.9. The van der Waals surface area contributed by atoms with Gasteiger partial charge in [0, 0.05) is 31.9 Å². The fourth-order valence-corrected chi connectivity index (χ4v) is 5.58. The summed E-state index contributed by atoms with van der Waals surface area (Å²) in [6.07, 6.45) is 4.01. The van der Waals surface area contributed by atoms with Gasteiger partial charge >= 0.3 is 0 Å². The first-order valence-electron chi connectivity index (χ1n) is 10.9. The summed E-state index contributed by atoms with van der Waals surface area (Å²) in [4.78, 5) is 15.2. The van der Waals surface area contributed by atoms with Gasteiger partial charge in [-0.2, -0.15) is 0 Å². The Labute approximate surface area is 175 Å². The second-order valence-electron chi connectivity index (χ2n) is 8.61. The van der Waals surface area contributed by atoms with Crippen molar-refractivity contribution in [2.75, 3.05) is 36.8 Å². The Morgan fingerprint density at radius 1 is 1.14 bits per heavy atom. The van der Waals surface area contributed by atoms with Crippen LogP contribution < -0.4 is 10.2 Å². The Morgan fingerprint density at radius 2 is 1.83 bits per heavy atom. The van der Waals surface area contributed by atoms with Gasteiger partial charge in [-0.15, -0.1) is 0 Å². The molecule has 2 heterocycles. The van der Waals surface area contributed by atoms with E-state index in [1.165, 1.54) is 22.8 Å². The summed E-state index contributed by atoms with van der Waals surface area (Å²) in [6, 6.07) is 8.37. The van der Waals surface area contributed by atoms with Crippen molar-refractivity contribution < 1.29 is 13.2 Å². The monoisotopic (exact) mass is 421 g/mol. The second-order valence-corrected chi connectivity index (χ2v) is 10.9. The molecule has 0 aromatic heterocycles. The van der Waals surface area contributed by atoms with E-state index in [4.69, 9.17) is 0 Å². The lowest BCUT2D eigenvalue weighted by Crippen LogP contribution is -2.46. The van der Waals surface area contributed by atoms with E-state index in [0.29, 0.717) is 13.1 Å². The highest BCUT2D eigenvalue weighted by Gasteiger charge is 2.31. The van der Waals surface area contributed by atoms with Gasteiger partial charge in [0.2, 0.25) is 15.9 Å². The molecule has 0 saturated carbocycles. The smallest absolute Gasteiger partial charge is 0.224 e. The molecule has 2 fully saturated rings. The first-order chi connectivity index (χ1) is 13.8. The van der Waals surface area contributed by atoms with Gasteiger partial charge in [-0.05, 0) is 63.1 Å². The molecule has 1 aromatic rings. The van der Waals surface area contributed by atoms with Crippen molar-refractivity contribution in [3.8, 4) is 0 Å². The van der Waals surface area contributed by atoms with Crippen molar-refractivity contribution in [2.45, 2.75) is 52.5 Å². The summed E-state index contributed by atoms with van der Waals surface area (Å²) in [6.45, 7) is 8.96. The average molecular weight is 422 g/mol. The molecule has 1 amide bonds. The number of nitrogens with zero attached hydrogens (tertiary/aromatic N) is 2. The maximum Gasteiger partial charge on any atom is 0.224 e. The molecule has 0 unspecified atom stereocenters. The Balaban J connectivity index is 1.58. The van der Waals surface area contributed by atoms with E-state index in [-0.39, 0.29) is 23.6 Å². The average Bonchev–Trinajstić information content (AvgIpc) is 2.74. The molecular formula is C22H35N3O3S. The molecule has 0 spiro atoms. The normalized spacial score (nSPS) is 24.9. The largest absolute Gasteiger partial charge is 0.371 e. The number of benzene rings is 1. The lowest BCUT2D eigenvalue weighted by molar-refractivity contribution is -0.126. The number of sulfonamides is 1. The minimum Gasteiger partial charge on any atom is -0.371 e. The van der Waals surface area contributed by atoms with Crippen LogP contribution in [0.3, 0.4) is 0 Å². The molecule has 2 aliphatic heterocycles. The fourth-order valence-electron chi connectivity index (χ4n) is 4.40. The van der Waals surface area contributed by atoms with Crippen molar-refractivity contribution >= 4 is 21.6 Å². The van der Waals surface area contributed by atoms with Crippen LogP contribution in [0.2, 0.25) is 0 Å². The van der Waals surface area contributed by atoms with Crippen LogP contribution in [0.1, 0.15) is 58.1 Å². The third-order valence-corrected chi connectivity index (χ3v) is 8.14. The van der Waals surface area contributed by atoms with Crippen molar-refractivity contribution in [1.29, 1.82) is 0 Å². The van der Waals surface area contributed by atoms with Gasteiger partial charge in [0.25, 0.3) is 0 Å². The molecule has 0 bridgehead atoms. The summed E-state index contributed by atoms with van der Waals surface area (Å²) in [5, 5.41) is 3.09. The standard InChI is InChI=1S/C22H35N3O3S/c1-4-29(27,28)25-14-6-8-20(16-25)22(26)23-18(3)19-9-11-21(12-10-19)24-13-5-7-17(2)15-24/h9-12,17-18,20H,4-8,13-16H2,1-3H3,(H,23,26)/t17-,18+,20+/m1/s1. The van der Waals surface area contributed by atoms with Crippen LogP contribution >= 0.6 is 0 Å². The van der Waals surface area contributed by atoms with E-state index in [1.54, 1.807) is 6.92 Å². The number of piperidine rings is 2. The van der Waals surface area contributed by atoms with Gasteiger partial charge in [0.15, 0.2) is 0 Å². The molecule has 1 N–H and O–H groups in total. The molecule has 1 aromatic carbocycles. The fraction of sp³-hybridized carbons (Fsp3) is 0.682. The van der Waals surface area contributed by atoms with E-state index in [0.717, 1.165) is 37.4 Å². The van der Waals surface area contributed by atoms with Crippen LogP contribution in [0.15, 0.2) is 24.3 Å². The predicted molar refractivity (Wildman–Crippen MR) is 117 cm³/mol. The van der Waals surface area contributed by atoms with Crippen molar-refractivity contribution in [3.05, 3.63) is 29.8 Å². The quantitative estimate of drug-likeness (QED) is 0.766. The Bertz CT molecular complexity index is 794. The van der Waals surface area contributed by atoms with Crippen LogP contribution in [0.4, 0.5) is 5.69 Å². The van der Waals surface area contributed by atoms with E-state index in [2.05, 4.69) is 41.4 Å². The van der Waals surface area contributed by atoms with Gasteiger partial charge in [-0.1, -0.05) is 19.1 Å². The maximum atomic E-state index is 12.8. The van der Waals surface area contributed by atoms with Crippen LogP contribution in [-0.4, -0.2) is 50.6 Å². The zero-order valence-corrected chi connectivity index (χ0v) is 18.7. The van der Waals surface area contributed by atoms with E-state index in [9.17, 15) is 13.2 Å². The third-order valence-electron chi connectivity index (χ3n) is 6.29. The number of nitrogens with one attached hydrogen (secondary N) is 1. The van der Waals surface area contributed by atoms with E-state index < -0.39 is 10.0 Å². The molecule has 7 heteroatoms. The van der Waals surface area contributed by atoms with E-state index >= 15 is 0 Å². The zero-order chi connectivity index (χ0) is 21.0. The second kappa shape index (κ2) is 9.47. The van der Waals surface area contributed by atoms with Crippen molar-refractivity contribution in [1.82, 2.24) is 9.62 Å². The number of anilines is 1. The van der Waals surface area contributed by atoms with Crippen LogP contribution in [0.5, 0.6) is 0 Å². The van der Waals surface area contributed by atoms with Gasteiger partial charge in [0.1, 0.15) is 0 Å². The number of amides is 1. The highest BCUT2D eigenvalue weighted by atomic mass is 32.2. The highest BCUT2D eigenvalue weighted by Crippen LogP contribution is 2.25. The lowest BCUT2D eigenvalue weighted by Gasteiger charge is -2.33. The molecular weight excluding hydrogens is 386 g/mol. The van der Waals surface area contributed by atoms with Crippen molar-refractivity contribution in [3.63, 3.8) is 0 Å². The predicted octanol–water partition coefficient (Wildman–Crippen LogP) is 3.16. The lowest BCUT2D eigenvalue weighted by atomic mass is 9.97. The van der Waals surface area contributed by atoms with Gasteiger partial charge in [0.05, 0.1) is 17.7 Å². The molecule has 2 aliphatic rings. The van der Waals surface area contributed by atoms with E-state index in [1.807, 2.05) is 6.92 Å². The summed E-state index contributed by atoms with van der Waals surface area (Å²) in [7, 11) is -3.24. The third kappa shape index (κ3) is 5.51. The summed E-state index contributed by atoms with van der Waals surface area (Å²) in [5.41, 5.74) is 2.31. The SMILES string of the molecule is CCS(=O)(=O)N1CCC[C@H](C(=O)N[C@@H](C)c2ccc(N3CCC[C@@H](C)C3)cc2)C1. The molecule has 0 radical (unpaired) electrons. The summed E-state index contributed by atoms with van der Waals surface area (Å²) < 4.78 is 25.8. The number of rotatable bonds is 6. The molecule has 3 atom stereocenters. The molecule has 0 aliphatic carbocycles. The first-order valence-corrected chi connectivity index (χ1v) is 12.5. The van der Waals surface area contributed by atoms with Crippen LogP contribution in [0.25, 0.3) is 0 Å². The molecule has 6 nitrogen and oxygen atoms in total. The minimum atomic E-state index is -3.24. The number of hydrogen-bond donors (Lipinski definition) is 1. The Morgan fingerprint density at radius 3 is 2.48 bits per heavy atom. The summed E-state index contributed by atoms with van der Waals surface area (Å²) in [5.74, 6) is 0.483. The van der Waals surface area contributed by atoms with Crippen molar-refractivity contribution in [2.24, 2.45) is 11.8 Å². The molecule has 2 saturated heterocycles. The van der Waals surface area contributed by atoms with Gasteiger partial charge < -0.3 is 10.2 Å². The number of hydrogen-bond acceptors (Lipinski definition) is 4. The molecule has 162 valence electrons. The summed E-state index contributed by atoms with van der Waals surface area (Å²) >= 11 is 0. The number of carbonyl (C=O) groups is 1. The Hall–Kier alpha value is -1.60. The minimum absolute atomic E-state index is 0.0533. The van der Waals surface area contributed by atoms with Crippen LogP contribution in [0, 0.1) is 11.8 Å². The highest BCUT2D eigenvalue weighted by molar-refractivity contribution is 7.89.